The lowest BCUT2D eigenvalue weighted by Gasteiger charge is -2.22. The van der Waals surface area contributed by atoms with Gasteiger partial charge >= 0.3 is 0 Å². The van der Waals surface area contributed by atoms with Crippen LogP contribution in [0.15, 0.2) is 84.9 Å². The van der Waals surface area contributed by atoms with Crippen LogP contribution in [0.5, 0.6) is 0 Å². The van der Waals surface area contributed by atoms with E-state index in [9.17, 15) is 0 Å². The van der Waals surface area contributed by atoms with Gasteiger partial charge in [0.25, 0.3) is 5.31 Å². The summed E-state index contributed by atoms with van der Waals surface area (Å²) < 4.78 is 0. The Labute approximate surface area is 152 Å². The first-order chi connectivity index (χ1) is 11.2. The van der Waals surface area contributed by atoms with Gasteiger partial charge in [0.05, 0.1) is 0 Å². The average Bonchev–Trinajstić information content (AvgIpc) is 2.60. The molecular formula is C20H14Br2Si. The van der Waals surface area contributed by atoms with Crippen molar-refractivity contribution in [2.75, 3.05) is 0 Å². The van der Waals surface area contributed by atoms with Crippen molar-refractivity contribution in [2.45, 2.75) is 0 Å². The Bertz CT molecular complexity index is 916. The van der Waals surface area contributed by atoms with Crippen molar-refractivity contribution in [3.8, 4) is 0 Å². The van der Waals surface area contributed by atoms with Crippen molar-refractivity contribution < 1.29 is 0 Å². The van der Waals surface area contributed by atoms with Crippen molar-refractivity contribution in [1.82, 2.24) is 0 Å². The fourth-order valence-electron chi connectivity index (χ4n) is 3.14. The van der Waals surface area contributed by atoms with Crippen molar-refractivity contribution in [1.29, 1.82) is 0 Å². The molecule has 4 aromatic carbocycles. The van der Waals surface area contributed by atoms with Gasteiger partial charge in [0.1, 0.15) is 0 Å². The number of halogens is 2. The van der Waals surface area contributed by atoms with Crippen molar-refractivity contribution in [2.24, 2.45) is 0 Å². The van der Waals surface area contributed by atoms with E-state index in [1.54, 1.807) is 0 Å². The largest absolute Gasteiger partial charge is 0.261 e. The van der Waals surface area contributed by atoms with Gasteiger partial charge in [0, 0.05) is 0 Å². The molecule has 0 aliphatic carbocycles. The molecule has 0 bridgehead atoms. The molecule has 0 radical (unpaired) electrons. The highest BCUT2D eigenvalue weighted by molar-refractivity contribution is 9.52. The van der Waals surface area contributed by atoms with Gasteiger partial charge in [-0.3, -0.25) is 0 Å². The summed E-state index contributed by atoms with van der Waals surface area (Å²) in [7, 11) is 0. The minimum atomic E-state index is -2.16. The lowest BCUT2D eigenvalue weighted by molar-refractivity contribution is 1.76. The minimum absolute atomic E-state index is 1.28. The Morgan fingerprint density at radius 3 is 1.35 bits per heavy atom. The van der Waals surface area contributed by atoms with E-state index in [1.807, 2.05) is 0 Å². The zero-order valence-corrected chi connectivity index (χ0v) is 16.5. The summed E-state index contributed by atoms with van der Waals surface area (Å²) >= 11 is 8.19. The molecule has 0 saturated heterocycles. The normalized spacial score (nSPS) is 11.9. The highest BCUT2D eigenvalue weighted by Gasteiger charge is 2.34. The zero-order chi connectivity index (χ0) is 15.9. The Hall–Kier alpha value is -1.42. The lowest BCUT2D eigenvalue weighted by atomic mass is 10.1. The van der Waals surface area contributed by atoms with Crippen LogP contribution >= 0.6 is 30.6 Å². The number of benzene rings is 4. The second-order valence-electron chi connectivity index (χ2n) is 5.63. The molecule has 0 aliphatic heterocycles. The summed E-state index contributed by atoms with van der Waals surface area (Å²) in [6, 6.07) is 30.3. The minimum Gasteiger partial charge on any atom is -0.0987 e. The van der Waals surface area contributed by atoms with E-state index in [0.29, 0.717) is 0 Å². The molecule has 0 unspecified atom stereocenters. The van der Waals surface area contributed by atoms with Crippen LogP contribution in [0, 0.1) is 0 Å². The van der Waals surface area contributed by atoms with E-state index in [-0.39, 0.29) is 0 Å². The van der Waals surface area contributed by atoms with E-state index in [1.165, 1.54) is 31.9 Å². The first-order valence-electron chi connectivity index (χ1n) is 7.52. The Kier molecular flexibility index (Phi) is 3.88. The fraction of sp³-hybridized carbons (Fsp3) is 0. The molecule has 3 heteroatoms. The highest BCUT2D eigenvalue weighted by Crippen LogP contribution is 2.27. The number of hydrogen-bond acceptors (Lipinski definition) is 0. The molecule has 0 saturated carbocycles. The summed E-state index contributed by atoms with van der Waals surface area (Å²) in [6.45, 7) is 0. The summed E-state index contributed by atoms with van der Waals surface area (Å²) in [5.41, 5.74) is 0. The Morgan fingerprint density at radius 1 is 0.478 bits per heavy atom. The molecule has 0 spiro atoms. The van der Waals surface area contributed by atoms with E-state index >= 15 is 0 Å². The van der Waals surface area contributed by atoms with Gasteiger partial charge < -0.3 is 0 Å². The SMILES string of the molecule is Br[Si](Br)(c1cccc2ccccc12)c1cccc2ccccc12. The highest BCUT2D eigenvalue weighted by atomic mass is 79.9. The van der Waals surface area contributed by atoms with Crippen LogP contribution in [-0.4, -0.2) is 5.31 Å². The van der Waals surface area contributed by atoms with Crippen LogP contribution in [-0.2, 0) is 0 Å². The summed E-state index contributed by atoms with van der Waals surface area (Å²) in [5, 5.41) is 5.72. The average molecular weight is 442 g/mol. The molecule has 0 heterocycles. The number of hydrogen-bond donors (Lipinski definition) is 0. The van der Waals surface area contributed by atoms with Gasteiger partial charge in [-0.25, -0.2) is 0 Å². The van der Waals surface area contributed by atoms with Gasteiger partial charge in [-0.1, -0.05) is 116 Å². The van der Waals surface area contributed by atoms with Crippen LogP contribution in [0.2, 0.25) is 0 Å². The quantitative estimate of drug-likeness (QED) is 0.291. The van der Waals surface area contributed by atoms with E-state index in [2.05, 4.69) is 116 Å². The third-order valence-corrected chi connectivity index (χ3v) is 11.6. The molecule has 0 amide bonds. The zero-order valence-electron chi connectivity index (χ0n) is 12.3. The maximum atomic E-state index is 4.10. The topological polar surface area (TPSA) is 0 Å². The van der Waals surface area contributed by atoms with Crippen LogP contribution in [0.1, 0.15) is 0 Å². The summed E-state index contributed by atoms with van der Waals surface area (Å²) in [5.74, 6) is 0. The van der Waals surface area contributed by atoms with Crippen LogP contribution in [0.4, 0.5) is 0 Å². The maximum Gasteiger partial charge on any atom is 0.261 e. The molecular weight excluding hydrogens is 428 g/mol. The Morgan fingerprint density at radius 2 is 0.870 bits per heavy atom. The first kappa shape index (κ1) is 15.1. The van der Waals surface area contributed by atoms with Crippen molar-refractivity contribution >= 4 is 67.8 Å². The number of rotatable bonds is 2. The number of fused-ring (bicyclic) bond motifs is 2. The monoisotopic (exact) mass is 440 g/mol. The second kappa shape index (κ2) is 5.89. The van der Waals surface area contributed by atoms with Crippen LogP contribution in [0.25, 0.3) is 21.5 Å². The molecule has 112 valence electrons. The van der Waals surface area contributed by atoms with Gasteiger partial charge in [0.15, 0.2) is 0 Å². The summed E-state index contributed by atoms with van der Waals surface area (Å²) in [4.78, 5) is 0. The molecule has 0 nitrogen and oxygen atoms in total. The third kappa shape index (κ3) is 2.57. The third-order valence-electron chi connectivity index (χ3n) is 4.26. The van der Waals surface area contributed by atoms with Crippen molar-refractivity contribution in [3.63, 3.8) is 0 Å². The van der Waals surface area contributed by atoms with E-state index in [4.69, 9.17) is 0 Å². The maximum absolute atomic E-state index is 4.10. The predicted molar refractivity (Wildman–Crippen MR) is 111 cm³/mol. The lowest BCUT2D eigenvalue weighted by Crippen LogP contribution is -2.48. The van der Waals surface area contributed by atoms with Gasteiger partial charge in [0.2, 0.25) is 0 Å². The fourth-order valence-corrected chi connectivity index (χ4v) is 9.33. The molecule has 4 rings (SSSR count). The first-order valence-corrected chi connectivity index (χ1v) is 14.0. The predicted octanol–water partition coefficient (Wildman–Crippen LogP) is 5.34. The molecule has 0 N–H and O–H groups in total. The van der Waals surface area contributed by atoms with E-state index < -0.39 is 5.31 Å². The standard InChI is InChI=1S/C20H14Br2Si/c21-23(22,19-13-5-9-15-7-1-3-11-17(15)19)20-14-6-10-16-8-2-4-12-18(16)20/h1-14H. The molecule has 0 aliphatic rings. The van der Waals surface area contributed by atoms with Gasteiger partial charge in [-0.15, -0.1) is 0 Å². The molecule has 4 aromatic rings. The van der Waals surface area contributed by atoms with E-state index in [0.717, 1.165) is 0 Å². The summed E-state index contributed by atoms with van der Waals surface area (Å²) in [6.07, 6.45) is 0. The second-order valence-corrected chi connectivity index (χ2v) is 18.2. The molecule has 0 aromatic heterocycles. The molecule has 0 atom stereocenters. The van der Waals surface area contributed by atoms with Crippen molar-refractivity contribution in [3.05, 3.63) is 84.9 Å². The molecule has 23 heavy (non-hydrogen) atoms. The van der Waals surface area contributed by atoms with Crippen LogP contribution in [0.3, 0.4) is 0 Å². The van der Waals surface area contributed by atoms with Gasteiger partial charge in [-0.05, 0) is 31.9 Å². The smallest absolute Gasteiger partial charge is 0.0987 e. The van der Waals surface area contributed by atoms with Crippen LogP contribution < -0.4 is 10.4 Å². The molecule has 0 fully saturated rings. The van der Waals surface area contributed by atoms with Gasteiger partial charge in [-0.2, -0.15) is 0 Å². The Balaban J connectivity index is 2.02.